The summed E-state index contributed by atoms with van der Waals surface area (Å²) >= 11 is 0. The third-order valence-corrected chi connectivity index (χ3v) is 7.27. The molecule has 0 aliphatic carbocycles. The van der Waals surface area contributed by atoms with Crippen molar-refractivity contribution < 1.29 is 13.2 Å². The number of sulfonamides is 1. The molecular weight excluding hydrogens is 360 g/mol. The van der Waals surface area contributed by atoms with Crippen LogP contribution in [0.3, 0.4) is 0 Å². The van der Waals surface area contributed by atoms with Gasteiger partial charge in [0, 0.05) is 24.7 Å². The number of anilines is 1. The summed E-state index contributed by atoms with van der Waals surface area (Å²) in [6.07, 6.45) is 1.06. The van der Waals surface area contributed by atoms with E-state index in [4.69, 9.17) is 0 Å². The zero-order chi connectivity index (χ0) is 19.6. The van der Waals surface area contributed by atoms with Crippen LogP contribution in [0.5, 0.6) is 0 Å². The standard InChI is InChI=1S/C21H26N2O3S/c1-15-13-16(2)20(17(3)14-15)27(25,26)23-11-9-18(10-12-23)21(24)22-19-7-5-4-6-8-19/h4-8,13-14,18H,9-12H2,1-3H3,(H,22,24). The molecule has 1 amide bonds. The van der Waals surface area contributed by atoms with Crippen molar-refractivity contribution in [3.63, 3.8) is 0 Å². The van der Waals surface area contributed by atoms with Gasteiger partial charge in [-0.25, -0.2) is 8.42 Å². The first kappa shape index (κ1) is 19.6. The summed E-state index contributed by atoms with van der Waals surface area (Å²) in [4.78, 5) is 12.9. The average molecular weight is 387 g/mol. The van der Waals surface area contributed by atoms with Crippen LogP contribution in [-0.2, 0) is 14.8 Å². The molecule has 2 aromatic carbocycles. The van der Waals surface area contributed by atoms with Crippen molar-refractivity contribution in [1.29, 1.82) is 0 Å². The minimum atomic E-state index is -3.55. The molecule has 0 spiro atoms. The van der Waals surface area contributed by atoms with E-state index in [9.17, 15) is 13.2 Å². The molecule has 0 saturated carbocycles. The van der Waals surface area contributed by atoms with Crippen molar-refractivity contribution in [1.82, 2.24) is 4.31 Å². The largest absolute Gasteiger partial charge is 0.326 e. The van der Waals surface area contributed by atoms with E-state index in [1.807, 2.05) is 63.2 Å². The number of nitrogens with zero attached hydrogens (tertiary/aromatic N) is 1. The van der Waals surface area contributed by atoms with E-state index in [0.717, 1.165) is 22.4 Å². The van der Waals surface area contributed by atoms with E-state index >= 15 is 0 Å². The first-order chi connectivity index (χ1) is 12.8. The minimum Gasteiger partial charge on any atom is -0.326 e. The lowest BCUT2D eigenvalue weighted by Crippen LogP contribution is -2.41. The Kier molecular flexibility index (Phi) is 5.67. The fourth-order valence-electron chi connectivity index (χ4n) is 3.83. The molecule has 1 saturated heterocycles. The highest BCUT2D eigenvalue weighted by Gasteiger charge is 2.33. The van der Waals surface area contributed by atoms with E-state index in [1.54, 1.807) is 0 Å². The Bertz CT molecular complexity index is 908. The monoisotopic (exact) mass is 386 g/mol. The van der Waals surface area contributed by atoms with E-state index in [2.05, 4.69) is 5.32 Å². The smallest absolute Gasteiger partial charge is 0.243 e. The Hall–Kier alpha value is -2.18. The number of hydrogen-bond acceptors (Lipinski definition) is 3. The van der Waals surface area contributed by atoms with Gasteiger partial charge in [-0.15, -0.1) is 0 Å². The summed E-state index contributed by atoms with van der Waals surface area (Å²) in [6, 6.07) is 13.1. The van der Waals surface area contributed by atoms with Gasteiger partial charge in [-0.3, -0.25) is 4.79 Å². The van der Waals surface area contributed by atoms with Crippen LogP contribution >= 0.6 is 0 Å². The highest BCUT2D eigenvalue weighted by Crippen LogP contribution is 2.29. The lowest BCUT2D eigenvalue weighted by atomic mass is 9.97. The second kappa shape index (κ2) is 7.82. The topological polar surface area (TPSA) is 66.5 Å². The lowest BCUT2D eigenvalue weighted by molar-refractivity contribution is -0.120. The zero-order valence-corrected chi connectivity index (χ0v) is 16.8. The van der Waals surface area contributed by atoms with Gasteiger partial charge >= 0.3 is 0 Å². The molecule has 1 heterocycles. The Morgan fingerprint density at radius 1 is 1.00 bits per heavy atom. The Labute approximate surface area is 161 Å². The molecule has 6 heteroatoms. The summed E-state index contributed by atoms with van der Waals surface area (Å²) < 4.78 is 27.8. The maximum Gasteiger partial charge on any atom is 0.243 e. The van der Waals surface area contributed by atoms with Gasteiger partial charge in [0.1, 0.15) is 0 Å². The quantitative estimate of drug-likeness (QED) is 0.872. The number of rotatable bonds is 4. The van der Waals surface area contributed by atoms with Crippen molar-refractivity contribution in [2.75, 3.05) is 18.4 Å². The zero-order valence-electron chi connectivity index (χ0n) is 16.0. The van der Waals surface area contributed by atoms with Gasteiger partial charge in [0.25, 0.3) is 0 Å². The molecule has 144 valence electrons. The van der Waals surface area contributed by atoms with Crippen LogP contribution in [0.15, 0.2) is 47.4 Å². The second-order valence-electron chi connectivity index (χ2n) is 7.26. The van der Waals surface area contributed by atoms with Gasteiger partial charge in [0.15, 0.2) is 0 Å². The second-order valence-corrected chi connectivity index (χ2v) is 9.14. The maximum atomic E-state index is 13.1. The van der Waals surface area contributed by atoms with E-state index < -0.39 is 10.0 Å². The molecule has 27 heavy (non-hydrogen) atoms. The van der Waals surface area contributed by atoms with Gasteiger partial charge < -0.3 is 5.32 Å². The van der Waals surface area contributed by atoms with Gasteiger partial charge in [0.05, 0.1) is 4.90 Å². The fraction of sp³-hybridized carbons (Fsp3) is 0.381. The SMILES string of the molecule is Cc1cc(C)c(S(=O)(=O)N2CCC(C(=O)Nc3ccccc3)CC2)c(C)c1. The summed E-state index contributed by atoms with van der Waals surface area (Å²) in [5.74, 6) is -0.210. The van der Waals surface area contributed by atoms with Crippen LogP contribution in [-0.4, -0.2) is 31.7 Å². The van der Waals surface area contributed by atoms with Gasteiger partial charge in [0.2, 0.25) is 15.9 Å². The predicted molar refractivity (Wildman–Crippen MR) is 107 cm³/mol. The third kappa shape index (κ3) is 4.22. The molecule has 0 unspecified atom stereocenters. The van der Waals surface area contributed by atoms with E-state index in [0.29, 0.717) is 30.8 Å². The number of nitrogens with one attached hydrogen (secondary N) is 1. The Morgan fingerprint density at radius 2 is 1.56 bits per heavy atom. The normalized spacial score (nSPS) is 16.3. The van der Waals surface area contributed by atoms with E-state index in [-0.39, 0.29) is 11.8 Å². The summed E-state index contributed by atoms with van der Waals surface area (Å²) in [7, 11) is -3.55. The molecule has 0 bridgehead atoms. The number of carbonyl (C=O) groups excluding carboxylic acids is 1. The minimum absolute atomic E-state index is 0.0408. The highest BCUT2D eigenvalue weighted by atomic mass is 32.2. The van der Waals surface area contributed by atoms with Crippen LogP contribution in [0.4, 0.5) is 5.69 Å². The fourth-order valence-corrected chi connectivity index (χ4v) is 5.71. The lowest BCUT2D eigenvalue weighted by Gasteiger charge is -2.31. The summed E-state index contributed by atoms with van der Waals surface area (Å²) in [5.41, 5.74) is 3.37. The molecule has 0 atom stereocenters. The number of amides is 1. The highest BCUT2D eigenvalue weighted by molar-refractivity contribution is 7.89. The number of aryl methyl sites for hydroxylation is 3. The Morgan fingerprint density at radius 3 is 2.11 bits per heavy atom. The molecule has 0 aromatic heterocycles. The van der Waals surface area contributed by atoms with Crippen LogP contribution in [0.25, 0.3) is 0 Å². The van der Waals surface area contributed by atoms with Crippen molar-refractivity contribution in [3.05, 3.63) is 59.2 Å². The van der Waals surface area contributed by atoms with Crippen molar-refractivity contribution in [2.24, 2.45) is 5.92 Å². The van der Waals surface area contributed by atoms with Crippen molar-refractivity contribution in [2.45, 2.75) is 38.5 Å². The van der Waals surface area contributed by atoms with E-state index in [1.165, 1.54) is 4.31 Å². The maximum absolute atomic E-state index is 13.1. The summed E-state index contributed by atoms with van der Waals surface area (Å²) in [5, 5.41) is 2.91. The van der Waals surface area contributed by atoms with Crippen LogP contribution in [0.2, 0.25) is 0 Å². The molecule has 1 fully saturated rings. The summed E-state index contributed by atoms with van der Waals surface area (Å²) in [6.45, 7) is 6.37. The van der Waals surface area contributed by atoms with Crippen molar-refractivity contribution in [3.8, 4) is 0 Å². The van der Waals surface area contributed by atoms with Gasteiger partial charge in [-0.05, 0) is 56.9 Å². The number of para-hydroxylation sites is 1. The average Bonchev–Trinajstić information content (AvgIpc) is 2.61. The van der Waals surface area contributed by atoms with Crippen LogP contribution in [0, 0.1) is 26.7 Å². The van der Waals surface area contributed by atoms with Crippen molar-refractivity contribution >= 4 is 21.6 Å². The molecule has 1 N–H and O–H groups in total. The molecule has 5 nitrogen and oxygen atoms in total. The van der Waals surface area contributed by atoms with Crippen LogP contribution < -0.4 is 5.32 Å². The third-order valence-electron chi connectivity index (χ3n) is 5.07. The predicted octanol–water partition coefficient (Wildman–Crippen LogP) is 3.65. The first-order valence-electron chi connectivity index (χ1n) is 9.23. The van der Waals surface area contributed by atoms with Crippen LogP contribution in [0.1, 0.15) is 29.5 Å². The molecule has 0 radical (unpaired) electrons. The molecule has 1 aliphatic rings. The number of hydrogen-bond donors (Lipinski definition) is 1. The Balaban J connectivity index is 1.69. The molecule has 1 aliphatic heterocycles. The molecular formula is C21H26N2O3S. The number of piperidine rings is 1. The first-order valence-corrected chi connectivity index (χ1v) is 10.7. The number of benzene rings is 2. The molecule has 3 rings (SSSR count). The van der Waals surface area contributed by atoms with Gasteiger partial charge in [-0.1, -0.05) is 35.9 Å². The number of carbonyl (C=O) groups is 1. The molecule has 2 aromatic rings. The van der Waals surface area contributed by atoms with Gasteiger partial charge in [-0.2, -0.15) is 4.31 Å².